The van der Waals surface area contributed by atoms with E-state index in [2.05, 4.69) is 6.42 Å². The molecule has 2 aromatic rings. The number of sulfonamides is 1. The molecular weight excluding hydrogens is 422 g/mol. The van der Waals surface area contributed by atoms with Crippen molar-refractivity contribution < 1.29 is 21.9 Å². The van der Waals surface area contributed by atoms with E-state index in [-0.39, 0.29) is 35.1 Å². The summed E-state index contributed by atoms with van der Waals surface area (Å²) < 4.78 is 60.0. The van der Waals surface area contributed by atoms with Gasteiger partial charge in [0.25, 0.3) is 0 Å². The Balaban J connectivity index is 1.17. The van der Waals surface area contributed by atoms with Gasteiger partial charge in [0.05, 0.1) is 24.7 Å². The third kappa shape index (κ3) is 4.33. The van der Waals surface area contributed by atoms with Gasteiger partial charge in [-0.15, -0.1) is 0 Å². The summed E-state index contributed by atoms with van der Waals surface area (Å²) in [6, 6.07) is 10.9. The van der Waals surface area contributed by atoms with Gasteiger partial charge in [0.1, 0.15) is 11.6 Å². The number of morpholine rings is 1. The molecule has 31 heavy (non-hydrogen) atoms. The highest BCUT2D eigenvalue weighted by molar-refractivity contribution is 7.88. The monoisotopic (exact) mass is 447 g/mol. The zero-order valence-electron chi connectivity index (χ0n) is 17.1. The van der Waals surface area contributed by atoms with Crippen LogP contribution < -0.4 is 4.90 Å². The molecule has 1 saturated carbocycles. The molecule has 0 aromatic heterocycles. The predicted molar refractivity (Wildman–Crippen MR) is 114 cm³/mol. The Kier molecular flexibility index (Phi) is 5.48. The van der Waals surface area contributed by atoms with Crippen molar-refractivity contribution in [1.82, 2.24) is 4.31 Å². The number of halogens is 2. The van der Waals surface area contributed by atoms with E-state index in [1.807, 2.05) is 17.0 Å². The third-order valence-corrected chi connectivity index (χ3v) is 8.37. The first-order chi connectivity index (χ1) is 14.9. The van der Waals surface area contributed by atoms with Crippen LogP contribution in [0.5, 0.6) is 0 Å². The van der Waals surface area contributed by atoms with Crippen LogP contribution in [0.15, 0.2) is 42.5 Å². The first-order valence-corrected chi connectivity index (χ1v) is 12.2. The van der Waals surface area contributed by atoms with E-state index in [0.29, 0.717) is 50.6 Å². The Bertz CT molecular complexity index is 1040. The third-order valence-electron chi connectivity index (χ3n) is 6.59. The van der Waals surface area contributed by atoms with Crippen LogP contribution in [-0.4, -0.2) is 52.1 Å². The summed E-state index contributed by atoms with van der Waals surface area (Å²) in [5, 5.41) is 0. The molecule has 8 heteroatoms. The van der Waals surface area contributed by atoms with Crippen LogP contribution >= 0.6 is 0 Å². The van der Waals surface area contributed by atoms with Gasteiger partial charge in [-0.2, -0.15) is 0 Å². The lowest BCUT2D eigenvalue weighted by molar-refractivity contribution is 0.122. The second-order valence-corrected chi connectivity index (χ2v) is 10.6. The van der Waals surface area contributed by atoms with Gasteiger partial charge in [0.15, 0.2) is 0 Å². The lowest BCUT2D eigenvalue weighted by Crippen LogP contribution is -2.36. The number of nitrogens with zero attached hydrogens (tertiary/aromatic N) is 2. The fourth-order valence-corrected chi connectivity index (χ4v) is 6.40. The Morgan fingerprint density at radius 1 is 1.00 bits per heavy atom. The van der Waals surface area contributed by atoms with Crippen LogP contribution in [0, 0.1) is 35.8 Å². The molecule has 0 spiro atoms. The largest absolute Gasteiger partial charge is 0.378 e. The van der Waals surface area contributed by atoms with Gasteiger partial charge in [0.2, 0.25) is 10.0 Å². The van der Waals surface area contributed by atoms with Crippen molar-refractivity contribution in [3.63, 3.8) is 0 Å². The summed E-state index contributed by atoms with van der Waals surface area (Å²) in [6.45, 7) is 3.58. The van der Waals surface area contributed by atoms with Crippen LogP contribution in [0.3, 0.4) is 0 Å². The maximum absolute atomic E-state index is 14.6. The molecule has 1 aliphatic carbocycles. The standard InChI is InChI=1S/C23H25F2N2O3S/c24-18-4-1-16(2-5-18)15-31(28,29)27-13-20-19(21(20)14-27)11-17-3-6-23(22(25)12-17)26-7-9-30-10-8-26/h1-6,11-12,19-21H,7-10,13-15H2. The fraction of sp³-hybridized carbons (Fsp3) is 0.435. The van der Waals surface area contributed by atoms with E-state index in [1.54, 1.807) is 6.07 Å². The second kappa shape index (κ2) is 8.15. The van der Waals surface area contributed by atoms with Crippen molar-refractivity contribution in [2.24, 2.45) is 17.8 Å². The Hall–Kier alpha value is -2.03. The molecule has 3 fully saturated rings. The topological polar surface area (TPSA) is 49.9 Å². The first-order valence-electron chi connectivity index (χ1n) is 10.6. The van der Waals surface area contributed by atoms with E-state index in [0.717, 1.165) is 5.56 Å². The van der Waals surface area contributed by atoms with Crippen molar-refractivity contribution in [2.75, 3.05) is 44.3 Å². The maximum Gasteiger partial charge on any atom is 0.218 e. The van der Waals surface area contributed by atoms with Crippen LogP contribution in [0.1, 0.15) is 11.1 Å². The molecule has 2 heterocycles. The molecule has 2 unspecified atom stereocenters. The summed E-state index contributed by atoms with van der Waals surface area (Å²) in [6.07, 6.45) is 2.07. The second-order valence-electron chi connectivity index (χ2n) is 8.58. The first kappa shape index (κ1) is 20.8. The zero-order valence-corrected chi connectivity index (χ0v) is 17.9. The quantitative estimate of drug-likeness (QED) is 0.683. The smallest absolute Gasteiger partial charge is 0.218 e. The summed E-state index contributed by atoms with van der Waals surface area (Å²) in [4.78, 5) is 2.00. The zero-order chi connectivity index (χ0) is 21.6. The summed E-state index contributed by atoms with van der Waals surface area (Å²) in [7, 11) is -3.43. The number of rotatable bonds is 6. The number of piperidine rings is 1. The van der Waals surface area contributed by atoms with Gasteiger partial charge in [-0.3, -0.25) is 0 Å². The molecule has 0 bridgehead atoms. The van der Waals surface area contributed by atoms with Crippen LogP contribution in [0.2, 0.25) is 0 Å². The average Bonchev–Trinajstić information content (AvgIpc) is 3.18. The average molecular weight is 448 g/mol. The van der Waals surface area contributed by atoms with Crippen molar-refractivity contribution in [1.29, 1.82) is 0 Å². The van der Waals surface area contributed by atoms with Crippen LogP contribution in [0.4, 0.5) is 14.5 Å². The Morgan fingerprint density at radius 3 is 2.32 bits per heavy atom. The number of anilines is 1. The van der Waals surface area contributed by atoms with Crippen molar-refractivity contribution >= 4 is 15.7 Å². The molecule has 3 aliphatic rings. The minimum absolute atomic E-state index is 0.116. The molecule has 5 rings (SSSR count). The number of benzene rings is 2. The van der Waals surface area contributed by atoms with Gasteiger partial charge in [-0.05, 0) is 59.6 Å². The van der Waals surface area contributed by atoms with Gasteiger partial charge < -0.3 is 9.64 Å². The minimum Gasteiger partial charge on any atom is -0.378 e. The van der Waals surface area contributed by atoms with Gasteiger partial charge in [-0.1, -0.05) is 18.2 Å². The van der Waals surface area contributed by atoms with Crippen molar-refractivity contribution in [3.8, 4) is 0 Å². The highest BCUT2D eigenvalue weighted by Gasteiger charge is 2.57. The summed E-state index contributed by atoms with van der Waals surface area (Å²) in [5.41, 5.74) is 2.03. The van der Waals surface area contributed by atoms with E-state index >= 15 is 0 Å². The van der Waals surface area contributed by atoms with Crippen LogP contribution in [-0.2, 0) is 20.5 Å². The fourth-order valence-electron chi connectivity index (χ4n) is 4.80. The molecule has 2 saturated heterocycles. The number of hydrogen-bond acceptors (Lipinski definition) is 4. The normalized spacial score (nSPS) is 26.1. The van der Waals surface area contributed by atoms with Crippen LogP contribution in [0.25, 0.3) is 0 Å². The molecule has 165 valence electrons. The highest BCUT2D eigenvalue weighted by atomic mass is 32.2. The van der Waals surface area contributed by atoms with Gasteiger partial charge in [-0.25, -0.2) is 21.5 Å². The van der Waals surface area contributed by atoms with E-state index in [4.69, 9.17) is 4.74 Å². The molecule has 1 radical (unpaired) electrons. The van der Waals surface area contributed by atoms with E-state index in [9.17, 15) is 17.2 Å². The number of ether oxygens (including phenoxy) is 1. The molecule has 0 N–H and O–H groups in total. The molecule has 2 aromatic carbocycles. The van der Waals surface area contributed by atoms with E-state index < -0.39 is 10.0 Å². The van der Waals surface area contributed by atoms with Gasteiger partial charge >= 0.3 is 0 Å². The highest BCUT2D eigenvalue weighted by Crippen LogP contribution is 2.54. The number of fused-ring (bicyclic) bond motifs is 1. The number of hydrogen-bond donors (Lipinski definition) is 0. The van der Waals surface area contributed by atoms with Gasteiger partial charge in [0, 0.05) is 26.2 Å². The molecule has 5 nitrogen and oxygen atoms in total. The predicted octanol–water partition coefficient (Wildman–Crippen LogP) is 3.06. The Labute approximate surface area is 181 Å². The maximum atomic E-state index is 14.6. The van der Waals surface area contributed by atoms with Crippen molar-refractivity contribution in [3.05, 3.63) is 71.6 Å². The molecule has 2 atom stereocenters. The SMILES string of the molecule is O=S(=O)(Cc1ccc(F)cc1)N1CC2C([CH]c3ccc(N4CCOCC4)c(F)c3)C2C1. The summed E-state index contributed by atoms with van der Waals surface area (Å²) >= 11 is 0. The minimum atomic E-state index is -3.43. The lowest BCUT2D eigenvalue weighted by Gasteiger charge is -2.29. The molecular formula is C23H25F2N2O3S. The molecule has 0 amide bonds. The Morgan fingerprint density at radius 2 is 1.68 bits per heavy atom. The lowest BCUT2D eigenvalue weighted by atomic mass is 10.0. The summed E-state index contributed by atoms with van der Waals surface area (Å²) in [5.74, 6) is 0.122. The van der Waals surface area contributed by atoms with Crippen molar-refractivity contribution in [2.45, 2.75) is 5.75 Å². The molecule has 2 aliphatic heterocycles. The van der Waals surface area contributed by atoms with E-state index in [1.165, 1.54) is 28.6 Å².